The SMILES string of the molecule is N=C(N)CC1(COc2ccccc2C(F)(F)F)CC1. The van der Waals surface area contributed by atoms with E-state index >= 15 is 0 Å². The van der Waals surface area contributed by atoms with E-state index in [1.54, 1.807) is 0 Å². The van der Waals surface area contributed by atoms with Gasteiger partial charge in [-0.25, -0.2) is 0 Å². The molecule has 0 spiro atoms. The van der Waals surface area contributed by atoms with Crippen LogP contribution in [0.25, 0.3) is 0 Å². The van der Waals surface area contributed by atoms with E-state index in [0.717, 1.165) is 18.9 Å². The van der Waals surface area contributed by atoms with Crippen LogP contribution in [0, 0.1) is 10.8 Å². The highest BCUT2D eigenvalue weighted by atomic mass is 19.4. The number of rotatable bonds is 5. The molecule has 3 N–H and O–H groups in total. The number of alkyl halides is 3. The largest absolute Gasteiger partial charge is 0.492 e. The summed E-state index contributed by atoms with van der Waals surface area (Å²) in [7, 11) is 0. The minimum Gasteiger partial charge on any atom is -0.492 e. The predicted molar refractivity (Wildman–Crippen MR) is 65.1 cm³/mol. The van der Waals surface area contributed by atoms with Crippen LogP contribution in [-0.4, -0.2) is 12.4 Å². The molecule has 19 heavy (non-hydrogen) atoms. The van der Waals surface area contributed by atoms with Gasteiger partial charge >= 0.3 is 6.18 Å². The second-order valence-corrected chi connectivity index (χ2v) is 4.98. The number of amidine groups is 1. The van der Waals surface area contributed by atoms with Crippen LogP contribution in [0.3, 0.4) is 0 Å². The lowest BCUT2D eigenvalue weighted by Crippen LogP contribution is -2.22. The van der Waals surface area contributed by atoms with Gasteiger partial charge < -0.3 is 10.5 Å². The van der Waals surface area contributed by atoms with Gasteiger partial charge in [-0.3, -0.25) is 5.41 Å². The lowest BCUT2D eigenvalue weighted by Gasteiger charge is -2.18. The minimum atomic E-state index is -4.42. The highest BCUT2D eigenvalue weighted by molar-refractivity contribution is 5.78. The van der Waals surface area contributed by atoms with Crippen LogP contribution < -0.4 is 10.5 Å². The van der Waals surface area contributed by atoms with Gasteiger partial charge in [-0.05, 0) is 25.0 Å². The van der Waals surface area contributed by atoms with Gasteiger partial charge in [0.15, 0.2) is 0 Å². The van der Waals surface area contributed by atoms with Crippen molar-refractivity contribution in [1.29, 1.82) is 5.41 Å². The average molecular weight is 272 g/mol. The first-order valence-corrected chi connectivity index (χ1v) is 5.94. The maximum atomic E-state index is 12.8. The fourth-order valence-electron chi connectivity index (χ4n) is 2.01. The Labute approximate surface area is 109 Å². The van der Waals surface area contributed by atoms with E-state index in [0.29, 0.717) is 6.42 Å². The molecular weight excluding hydrogens is 257 g/mol. The summed E-state index contributed by atoms with van der Waals surface area (Å²) in [5.41, 5.74) is 4.32. The molecule has 1 aliphatic carbocycles. The van der Waals surface area contributed by atoms with Crippen molar-refractivity contribution in [3.05, 3.63) is 29.8 Å². The second kappa shape index (κ2) is 4.75. The first kappa shape index (κ1) is 13.7. The second-order valence-electron chi connectivity index (χ2n) is 4.98. The number of hydrogen-bond acceptors (Lipinski definition) is 2. The first-order valence-electron chi connectivity index (χ1n) is 5.94. The molecule has 0 atom stereocenters. The smallest absolute Gasteiger partial charge is 0.419 e. The van der Waals surface area contributed by atoms with Gasteiger partial charge in [0.1, 0.15) is 5.75 Å². The Morgan fingerprint density at radius 3 is 2.47 bits per heavy atom. The van der Waals surface area contributed by atoms with E-state index in [1.807, 2.05) is 0 Å². The number of benzene rings is 1. The molecule has 0 unspecified atom stereocenters. The fraction of sp³-hybridized carbons (Fsp3) is 0.462. The third-order valence-corrected chi connectivity index (χ3v) is 3.25. The van der Waals surface area contributed by atoms with Gasteiger partial charge in [-0.1, -0.05) is 12.1 Å². The molecule has 0 aromatic heterocycles. The lowest BCUT2D eigenvalue weighted by molar-refractivity contribution is -0.139. The van der Waals surface area contributed by atoms with Gasteiger partial charge in [0.25, 0.3) is 0 Å². The van der Waals surface area contributed by atoms with Crippen molar-refractivity contribution >= 4 is 5.84 Å². The van der Waals surface area contributed by atoms with Gasteiger partial charge in [0.05, 0.1) is 18.0 Å². The zero-order valence-electron chi connectivity index (χ0n) is 10.3. The molecule has 0 radical (unpaired) electrons. The Hall–Kier alpha value is -1.72. The van der Waals surface area contributed by atoms with Gasteiger partial charge in [-0.15, -0.1) is 0 Å². The van der Waals surface area contributed by atoms with Crippen LogP contribution in [0.2, 0.25) is 0 Å². The van der Waals surface area contributed by atoms with Crippen LogP contribution in [-0.2, 0) is 6.18 Å². The Bertz CT molecular complexity index is 481. The Balaban J connectivity index is 2.06. The summed E-state index contributed by atoms with van der Waals surface area (Å²) in [4.78, 5) is 0. The number of hydrogen-bond donors (Lipinski definition) is 2. The standard InChI is InChI=1S/C13H15F3N2O/c14-13(15,16)9-3-1-2-4-10(9)19-8-12(5-6-12)7-11(17)18/h1-4H,5-8H2,(H3,17,18). The van der Waals surface area contributed by atoms with Crippen molar-refractivity contribution in [2.45, 2.75) is 25.4 Å². The van der Waals surface area contributed by atoms with Gasteiger partial charge in [-0.2, -0.15) is 13.2 Å². The third kappa shape index (κ3) is 3.39. The molecule has 0 aliphatic heterocycles. The summed E-state index contributed by atoms with van der Waals surface area (Å²) in [5, 5.41) is 7.26. The van der Waals surface area contributed by atoms with Gasteiger partial charge in [0.2, 0.25) is 0 Å². The molecule has 1 fully saturated rings. The van der Waals surface area contributed by atoms with E-state index in [4.69, 9.17) is 15.9 Å². The predicted octanol–water partition coefficient (Wildman–Crippen LogP) is 3.19. The summed E-state index contributed by atoms with van der Waals surface area (Å²) in [6.07, 6.45) is -2.38. The average Bonchev–Trinajstić information content (AvgIpc) is 3.05. The van der Waals surface area contributed by atoms with Crippen LogP contribution >= 0.6 is 0 Å². The quantitative estimate of drug-likeness (QED) is 0.638. The third-order valence-electron chi connectivity index (χ3n) is 3.25. The summed E-state index contributed by atoms with van der Waals surface area (Å²) < 4.78 is 43.6. The first-order chi connectivity index (χ1) is 8.82. The summed E-state index contributed by atoms with van der Waals surface area (Å²) >= 11 is 0. The number of nitrogens with two attached hydrogens (primary N) is 1. The van der Waals surface area contributed by atoms with Crippen molar-refractivity contribution in [3.8, 4) is 5.75 Å². The summed E-state index contributed by atoms with van der Waals surface area (Å²) in [5.74, 6) is -0.116. The van der Waals surface area contributed by atoms with Crippen LogP contribution in [0.1, 0.15) is 24.8 Å². The molecule has 104 valence electrons. The van der Waals surface area contributed by atoms with E-state index in [9.17, 15) is 13.2 Å². The normalized spacial score (nSPS) is 17.0. The summed E-state index contributed by atoms with van der Waals surface area (Å²) in [6, 6.07) is 5.15. The summed E-state index contributed by atoms with van der Waals surface area (Å²) in [6.45, 7) is 0.166. The molecule has 1 aromatic carbocycles. The molecule has 6 heteroatoms. The lowest BCUT2D eigenvalue weighted by atomic mass is 10.0. The molecule has 3 nitrogen and oxygen atoms in total. The zero-order valence-corrected chi connectivity index (χ0v) is 10.3. The molecule has 0 saturated heterocycles. The van der Waals surface area contributed by atoms with E-state index in [-0.39, 0.29) is 23.6 Å². The molecule has 1 aliphatic rings. The van der Waals surface area contributed by atoms with Crippen molar-refractivity contribution in [1.82, 2.24) is 0 Å². The Morgan fingerprint density at radius 2 is 1.95 bits per heavy atom. The van der Waals surface area contributed by atoms with E-state index in [2.05, 4.69) is 0 Å². The highest BCUT2D eigenvalue weighted by Gasteiger charge is 2.44. The maximum Gasteiger partial charge on any atom is 0.419 e. The molecule has 0 bridgehead atoms. The minimum absolute atomic E-state index is 0.0465. The molecule has 1 aromatic rings. The van der Waals surface area contributed by atoms with Crippen molar-refractivity contribution in [2.75, 3.05) is 6.61 Å². The number of ether oxygens (including phenoxy) is 1. The molecule has 2 rings (SSSR count). The van der Waals surface area contributed by atoms with Crippen molar-refractivity contribution in [2.24, 2.45) is 11.1 Å². The number of para-hydroxylation sites is 1. The van der Waals surface area contributed by atoms with Crippen LogP contribution in [0.15, 0.2) is 24.3 Å². The Morgan fingerprint density at radius 1 is 1.32 bits per heavy atom. The topological polar surface area (TPSA) is 59.1 Å². The van der Waals surface area contributed by atoms with Crippen LogP contribution in [0.5, 0.6) is 5.75 Å². The Kier molecular flexibility index (Phi) is 3.43. The van der Waals surface area contributed by atoms with Gasteiger partial charge in [0, 0.05) is 11.8 Å². The molecular formula is C13H15F3N2O. The number of nitrogens with one attached hydrogen (secondary N) is 1. The van der Waals surface area contributed by atoms with E-state index < -0.39 is 11.7 Å². The van der Waals surface area contributed by atoms with Crippen molar-refractivity contribution in [3.63, 3.8) is 0 Å². The molecule has 0 amide bonds. The fourth-order valence-corrected chi connectivity index (χ4v) is 2.01. The molecule has 0 heterocycles. The van der Waals surface area contributed by atoms with Crippen LogP contribution in [0.4, 0.5) is 13.2 Å². The monoisotopic (exact) mass is 272 g/mol. The maximum absolute atomic E-state index is 12.8. The number of halogens is 3. The van der Waals surface area contributed by atoms with Crippen molar-refractivity contribution < 1.29 is 17.9 Å². The highest BCUT2D eigenvalue weighted by Crippen LogP contribution is 2.49. The molecule has 1 saturated carbocycles. The van der Waals surface area contributed by atoms with E-state index in [1.165, 1.54) is 18.2 Å². The zero-order chi connectivity index (χ0) is 14.1.